The van der Waals surface area contributed by atoms with Gasteiger partial charge in [-0.2, -0.15) is 10.2 Å². The Morgan fingerprint density at radius 2 is 2.00 bits per heavy atom. The van der Waals surface area contributed by atoms with E-state index >= 15 is 0 Å². The highest BCUT2D eigenvalue weighted by molar-refractivity contribution is 5.91. The summed E-state index contributed by atoms with van der Waals surface area (Å²) in [5.74, 6) is -1.68. The first kappa shape index (κ1) is 16.4. The van der Waals surface area contributed by atoms with Gasteiger partial charge in [-0.15, -0.1) is 0 Å². The van der Waals surface area contributed by atoms with Gasteiger partial charge in [0.25, 0.3) is 0 Å². The van der Waals surface area contributed by atoms with Crippen LogP contribution in [0.1, 0.15) is 16.1 Å². The number of carboxylic acid groups (broad SMARTS) is 1. The van der Waals surface area contributed by atoms with Crippen molar-refractivity contribution in [2.75, 3.05) is 5.32 Å². The fourth-order valence-corrected chi connectivity index (χ4v) is 2.28. The number of aromatic carboxylic acids is 1. The molecule has 25 heavy (non-hydrogen) atoms. The molecule has 1 aromatic carbocycles. The molecule has 2 aromatic heterocycles. The van der Waals surface area contributed by atoms with E-state index in [-0.39, 0.29) is 30.4 Å². The van der Waals surface area contributed by atoms with Crippen LogP contribution in [0.25, 0.3) is 0 Å². The van der Waals surface area contributed by atoms with E-state index < -0.39 is 11.9 Å². The van der Waals surface area contributed by atoms with Crippen molar-refractivity contribution in [2.24, 2.45) is 0 Å². The van der Waals surface area contributed by atoms with Crippen molar-refractivity contribution in [3.8, 4) is 0 Å². The monoisotopic (exact) mass is 343 g/mol. The summed E-state index contributed by atoms with van der Waals surface area (Å²) in [5.41, 5.74) is 0.395. The van der Waals surface area contributed by atoms with Crippen LogP contribution in [0, 0.1) is 5.82 Å². The average Bonchev–Trinajstić information content (AvgIpc) is 3.19. The zero-order valence-corrected chi connectivity index (χ0v) is 13.0. The summed E-state index contributed by atoms with van der Waals surface area (Å²) in [7, 11) is 0. The fourth-order valence-electron chi connectivity index (χ4n) is 2.28. The van der Waals surface area contributed by atoms with Crippen LogP contribution in [0.3, 0.4) is 0 Å². The normalized spacial score (nSPS) is 10.6. The molecule has 0 atom stereocenters. The van der Waals surface area contributed by atoms with Crippen LogP contribution in [0.4, 0.5) is 10.2 Å². The van der Waals surface area contributed by atoms with Crippen molar-refractivity contribution in [1.29, 1.82) is 0 Å². The second-order valence-corrected chi connectivity index (χ2v) is 5.22. The summed E-state index contributed by atoms with van der Waals surface area (Å²) in [6, 6.07) is 9.23. The van der Waals surface area contributed by atoms with Crippen LogP contribution in [0.15, 0.2) is 48.8 Å². The number of carbonyl (C=O) groups excluding carboxylic acids is 1. The average molecular weight is 343 g/mol. The zero-order valence-electron chi connectivity index (χ0n) is 13.0. The Kier molecular flexibility index (Phi) is 4.55. The summed E-state index contributed by atoms with van der Waals surface area (Å²) in [6.45, 7) is -0.0281. The maximum absolute atomic E-state index is 13.6. The molecule has 0 radical (unpaired) electrons. The topological polar surface area (TPSA) is 102 Å². The summed E-state index contributed by atoms with van der Waals surface area (Å²) in [5, 5.41) is 19.5. The quantitative estimate of drug-likeness (QED) is 0.708. The fraction of sp³-hybridized carbons (Fsp3) is 0.125. The van der Waals surface area contributed by atoms with Crippen molar-refractivity contribution in [3.05, 3.63) is 65.9 Å². The van der Waals surface area contributed by atoms with Crippen LogP contribution < -0.4 is 5.32 Å². The molecule has 3 rings (SSSR count). The first-order chi connectivity index (χ1) is 12.0. The number of anilines is 1. The SMILES string of the molecule is O=C(Cn1nccc1C(=O)O)Nc1ccn(Cc2ccccc2F)n1. The summed E-state index contributed by atoms with van der Waals surface area (Å²) >= 11 is 0. The minimum atomic E-state index is -1.17. The summed E-state index contributed by atoms with van der Waals surface area (Å²) in [4.78, 5) is 23.0. The van der Waals surface area contributed by atoms with E-state index in [1.165, 1.54) is 23.0 Å². The van der Waals surface area contributed by atoms with E-state index in [1.54, 1.807) is 30.5 Å². The molecule has 2 heterocycles. The standard InChI is InChI=1S/C16H14FN5O3/c17-12-4-2-1-3-11(12)9-21-8-6-14(20-21)19-15(23)10-22-13(16(24)25)5-7-18-22/h1-8H,9-10H2,(H,24,25)(H,19,20,23). The van der Waals surface area contributed by atoms with Gasteiger partial charge in [-0.25, -0.2) is 13.9 Å². The molecular formula is C16H14FN5O3. The maximum atomic E-state index is 13.6. The van der Waals surface area contributed by atoms with Gasteiger partial charge in [-0.05, 0) is 12.1 Å². The van der Waals surface area contributed by atoms with E-state index in [4.69, 9.17) is 5.11 Å². The van der Waals surface area contributed by atoms with Gasteiger partial charge in [-0.3, -0.25) is 9.48 Å². The van der Waals surface area contributed by atoms with Gasteiger partial charge >= 0.3 is 5.97 Å². The molecule has 0 saturated heterocycles. The number of halogens is 1. The summed E-state index contributed by atoms with van der Waals surface area (Å²) < 4.78 is 16.2. The van der Waals surface area contributed by atoms with Crippen LogP contribution in [0.2, 0.25) is 0 Å². The van der Waals surface area contributed by atoms with Gasteiger partial charge in [-0.1, -0.05) is 18.2 Å². The molecule has 9 heteroatoms. The lowest BCUT2D eigenvalue weighted by Crippen LogP contribution is -2.22. The lowest BCUT2D eigenvalue weighted by atomic mass is 10.2. The third-order valence-electron chi connectivity index (χ3n) is 3.43. The number of rotatable bonds is 6. The number of nitrogens with zero attached hydrogens (tertiary/aromatic N) is 4. The van der Waals surface area contributed by atoms with Crippen molar-refractivity contribution >= 4 is 17.7 Å². The largest absolute Gasteiger partial charge is 0.477 e. The Morgan fingerprint density at radius 3 is 2.76 bits per heavy atom. The number of amides is 1. The third-order valence-corrected chi connectivity index (χ3v) is 3.43. The smallest absolute Gasteiger partial charge is 0.354 e. The van der Waals surface area contributed by atoms with Gasteiger partial charge in [0.05, 0.1) is 6.54 Å². The number of hydrogen-bond acceptors (Lipinski definition) is 4. The van der Waals surface area contributed by atoms with Crippen LogP contribution in [0.5, 0.6) is 0 Å². The van der Waals surface area contributed by atoms with E-state index in [0.29, 0.717) is 5.56 Å². The van der Waals surface area contributed by atoms with E-state index in [0.717, 1.165) is 4.68 Å². The Morgan fingerprint density at radius 1 is 1.20 bits per heavy atom. The van der Waals surface area contributed by atoms with E-state index in [1.807, 2.05) is 0 Å². The summed E-state index contributed by atoms with van der Waals surface area (Å²) in [6.07, 6.45) is 2.92. The third kappa shape index (κ3) is 3.89. The molecule has 2 N–H and O–H groups in total. The highest BCUT2D eigenvalue weighted by Crippen LogP contribution is 2.10. The molecule has 3 aromatic rings. The molecule has 8 nitrogen and oxygen atoms in total. The maximum Gasteiger partial charge on any atom is 0.354 e. The number of benzene rings is 1. The van der Waals surface area contributed by atoms with Crippen molar-refractivity contribution < 1.29 is 19.1 Å². The molecule has 0 fully saturated rings. The molecule has 0 aliphatic rings. The van der Waals surface area contributed by atoms with Crippen LogP contribution >= 0.6 is 0 Å². The minimum absolute atomic E-state index is 0.0831. The highest BCUT2D eigenvalue weighted by atomic mass is 19.1. The molecule has 1 amide bonds. The molecule has 0 bridgehead atoms. The first-order valence-corrected chi connectivity index (χ1v) is 7.35. The Hall–Kier alpha value is -3.49. The lowest BCUT2D eigenvalue weighted by Gasteiger charge is -2.05. The molecule has 0 saturated carbocycles. The number of hydrogen-bond donors (Lipinski definition) is 2. The van der Waals surface area contributed by atoms with Gasteiger partial charge in [0.2, 0.25) is 5.91 Å². The zero-order chi connectivity index (χ0) is 17.8. The van der Waals surface area contributed by atoms with Crippen LogP contribution in [-0.4, -0.2) is 36.5 Å². The predicted octanol–water partition coefficient (Wildman–Crippen LogP) is 1.60. The molecule has 128 valence electrons. The second-order valence-electron chi connectivity index (χ2n) is 5.22. The van der Waals surface area contributed by atoms with Crippen molar-refractivity contribution in [3.63, 3.8) is 0 Å². The number of carbonyl (C=O) groups is 2. The molecule has 0 spiro atoms. The van der Waals surface area contributed by atoms with Crippen molar-refractivity contribution in [2.45, 2.75) is 13.1 Å². The number of aromatic nitrogens is 4. The molecule has 0 aliphatic carbocycles. The van der Waals surface area contributed by atoms with E-state index in [9.17, 15) is 14.0 Å². The molecular weight excluding hydrogens is 329 g/mol. The predicted molar refractivity (Wildman–Crippen MR) is 85.5 cm³/mol. The Balaban J connectivity index is 1.63. The lowest BCUT2D eigenvalue weighted by molar-refractivity contribution is -0.116. The van der Waals surface area contributed by atoms with E-state index in [2.05, 4.69) is 15.5 Å². The highest BCUT2D eigenvalue weighted by Gasteiger charge is 2.14. The van der Waals surface area contributed by atoms with Gasteiger partial charge in [0.15, 0.2) is 5.82 Å². The van der Waals surface area contributed by atoms with Crippen molar-refractivity contribution in [1.82, 2.24) is 19.6 Å². The Labute approximate surface area is 141 Å². The Bertz CT molecular complexity index is 918. The second kappa shape index (κ2) is 6.95. The molecule has 0 aliphatic heterocycles. The van der Waals surface area contributed by atoms with Gasteiger partial charge in [0, 0.05) is 24.0 Å². The molecule has 0 unspecified atom stereocenters. The van der Waals surface area contributed by atoms with Gasteiger partial charge in [0.1, 0.15) is 18.1 Å². The first-order valence-electron chi connectivity index (χ1n) is 7.35. The van der Waals surface area contributed by atoms with Crippen LogP contribution in [-0.2, 0) is 17.9 Å². The number of nitrogens with one attached hydrogen (secondary N) is 1. The number of carboxylic acids is 1. The minimum Gasteiger partial charge on any atom is -0.477 e. The van der Waals surface area contributed by atoms with Gasteiger partial charge < -0.3 is 10.4 Å².